The van der Waals surface area contributed by atoms with Crippen molar-refractivity contribution in [2.75, 3.05) is 51.1 Å². The van der Waals surface area contributed by atoms with E-state index >= 15 is 0 Å². The second-order valence-electron chi connectivity index (χ2n) is 10.2. The van der Waals surface area contributed by atoms with Gasteiger partial charge in [-0.05, 0) is 56.4 Å². The molecule has 0 unspecified atom stereocenters. The van der Waals surface area contributed by atoms with Gasteiger partial charge < -0.3 is 19.9 Å². The lowest BCUT2D eigenvalue weighted by Gasteiger charge is -2.34. The summed E-state index contributed by atoms with van der Waals surface area (Å²) in [6.45, 7) is 7.03. The fraction of sp³-hybridized carbons (Fsp3) is 0.615. The molecule has 2 saturated heterocycles. The van der Waals surface area contributed by atoms with Gasteiger partial charge in [0.15, 0.2) is 0 Å². The lowest BCUT2D eigenvalue weighted by Crippen LogP contribution is -2.49. The normalized spacial score (nSPS) is 20.3. The highest BCUT2D eigenvalue weighted by Crippen LogP contribution is 2.35. The van der Waals surface area contributed by atoms with Crippen LogP contribution >= 0.6 is 0 Å². The molecule has 3 fully saturated rings. The van der Waals surface area contributed by atoms with Gasteiger partial charge in [-0.1, -0.05) is 0 Å². The Kier molecular flexibility index (Phi) is 7.62. The highest BCUT2D eigenvalue weighted by Gasteiger charge is 2.34. The van der Waals surface area contributed by atoms with Gasteiger partial charge in [0.2, 0.25) is 0 Å². The van der Waals surface area contributed by atoms with Crippen LogP contribution in [0.5, 0.6) is 5.75 Å². The molecule has 11 heteroatoms. The maximum absolute atomic E-state index is 13.7. The number of anilines is 1. The molecular formula is C26H35F3N6O2. The summed E-state index contributed by atoms with van der Waals surface area (Å²) < 4.78 is 48.4. The highest BCUT2D eigenvalue weighted by molar-refractivity contribution is 5.76. The van der Waals surface area contributed by atoms with Crippen molar-refractivity contribution in [2.24, 2.45) is 0 Å². The molecule has 0 bridgehead atoms. The number of amides is 1. The maximum atomic E-state index is 13.7. The van der Waals surface area contributed by atoms with Crippen LogP contribution in [-0.2, 0) is 12.7 Å². The van der Waals surface area contributed by atoms with Crippen LogP contribution in [0.4, 0.5) is 23.8 Å². The molecule has 1 amide bonds. The molecule has 0 atom stereocenters. The molecule has 3 heterocycles. The van der Waals surface area contributed by atoms with E-state index in [9.17, 15) is 18.0 Å². The molecule has 1 aromatic heterocycles. The number of nitrogens with one attached hydrogen (secondary N) is 1. The Balaban J connectivity index is 1.19. The molecular weight excluding hydrogens is 485 g/mol. The Hall–Kier alpha value is -2.79. The zero-order valence-electron chi connectivity index (χ0n) is 21.2. The van der Waals surface area contributed by atoms with E-state index in [2.05, 4.69) is 20.2 Å². The van der Waals surface area contributed by atoms with Crippen LogP contribution in [0.2, 0.25) is 0 Å². The average Bonchev–Trinajstić information content (AvgIpc) is 3.62. The highest BCUT2D eigenvalue weighted by atomic mass is 19.4. The van der Waals surface area contributed by atoms with Crippen molar-refractivity contribution < 1.29 is 22.7 Å². The van der Waals surface area contributed by atoms with Crippen molar-refractivity contribution in [3.05, 3.63) is 41.6 Å². The number of carbonyl (C=O) groups is 1. The van der Waals surface area contributed by atoms with E-state index in [0.717, 1.165) is 32.0 Å². The SMILES string of the molecule is CCNc1ccn(C(=O)N2CCN(Cc3cc(OC4CCN(C5CC5)CC4)cc(C(F)(F)F)c3)CC2)n1. The Morgan fingerprint density at radius 3 is 2.43 bits per heavy atom. The fourth-order valence-corrected chi connectivity index (χ4v) is 5.18. The molecule has 0 spiro atoms. The third-order valence-electron chi connectivity index (χ3n) is 7.33. The van der Waals surface area contributed by atoms with E-state index < -0.39 is 11.7 Å². The van der Waals surface area contributed by atoms with Gasteiger partial charge in [0.1, 0.15) is 17.7 Å². The maximum Gasteiger partial charge on any atom is 0.416 e. The van der Waals surface area contributed by atoms with Crippen LogP contribution < -0.4 is 10.1 Å². The summed E-state index contributed by atoms with van der Waals surface area (Å²) in [5.74, 6) is 0.934. The number of hydrogen-bond donors (Lipinski definition) is 1. The number of hydrogen-bond acceptors (Lipinski definition) is 6. The van der Waals surface area contributed by atoms with Gasteiger partial charge in [-0.2, -0.15) is 17.9 Å². The largest absolute Gasteiger partial charge is 0.490 e. The first-order valence-corrected chi connectivity index (χ1v) is 13.2. The van der Waals surface area contributed by atoms with E-state index in [1.54, 1.807) is 23.2 Å². The van der Waals surface area contributed by atoms with Crippen LogP contribution in [0.3, 0.4) is 0 Å². The molecule has 37 heavy (non-hydrogen) atoms. The first-order valence-electron chi connectivity index (χ1n) is 13.2. The number of rotatable bonds is 7. The van der Waals surface area contributed by atoms with Gasteiger partial charge in [-0.3, -0.25) is 4.90 Å². The number of ether oxygens (including phenoxy) is 1. The molecule has 8 nitrogen and oxygen atoms in total. The van der Waals surface area contributed by atoms with E-state index in [4.69, 9.17) is 4.74 Å². The first kappa shape index (κ1) is 25.8. The van der Waals surface area contributed by atoms with Crippen molar-refractivity contribution in [2.45, 2.75) is 57.5 Å². The molecule has 2 aliphatic heterocycles. The Labute approximate surface area is 215 Å². The second kappa shape index (κ2) is 10.9. The van der Waals surface area contributed by atoms with Crippen LogP contribution in [-0.4, -0.2) is 88.5 Å². The molecule has 1 aromatic carbocycles. The number of aromatic nitrogens is 2. The standard InChI is InChI=1S/C26H35F3N6O2/c1-2-30-24-7-10-35(31-24)25(36)34-13-11-32(12-14-34)18-19-15-20(26(27,28)29)17-23(16-19)37-22-5-8-33(9-6-22)21-3-4-21/h7,10,15-17,21-22H,2-6,8-9,11-14,18H2,1H3,(H,30,31). The lowest BCUT2D eigenvalue weighted by molar-refractivity contribution is -0.137. The monoisotopic (exact) mass is 520 g/mol. The summed E-state index contributed by atoms with van der Waals surface area (Å²) in [5.41, 5.74) is -0.109. The van der Waals surface area contributed by atoms with Crippen LogP contribution in [0, 0.1) is 0 Å². The van der Waals surface area contributed by atoms with Crippen molar-refractivity contribution in [3.8, 4) is 5.75 Å². The zero-order chi connectivity index (χ0) is 26.0. The van der Waals surface area contributed by atoms with E-state index in [1.807, 2.05) is 6.92 Å². The summed E-state index contributed by atoms with van der Waals surface area (Å²) in [5, 5.41) is 7.32. The summed E-state index contributed by atoms with van der Waals surface area (Å²) in [4.78, 5) is 19.0. The summed E-state index contributed by atoms with van der Waals surface area (Å²) in [6, 6.07) is 6.33. The summed E-state index contributed by atoms with van der Waals surface area (Å²) >= 11 is 0. The number of piperidine rings is 1. The number of nitrogens with zero attached hydrogens (tertiary/aromatic N) is 5. The van der Waals surface area contributed by atoms with E-state index in [-0.39, 0.29) is 12.1 Å². The number of benzene rings is 1. The van der Waals surface area contributed by atoms with Gasteiger partial charge in [0.05, 0.1) is 5.56 Å². The zero-order valence-corrected chi connectivity index (χ0v) is 21.2. The van der Waals surface area contributed by atoms with E-state index in [1.165, 1.54) is 23.6 Å². The third-order valence-corrected chi connectivity index (χ3v) is 7.33. The Morgan fingerprint density at radius 2 is 1.78 bits per heavy atom. The van der Waals surface area contributed by atoms with Gasteiger partial charge in [-0.15, -0.1) is 5.10 Å². The molecule has 0 radical (unpaired) electrons. The second-order valence-corrected chi connectivity index (χ2v) is 10.2. The predicted molar refractivity (Wildman–Crippen MR) is 134 cm³/mol. The van der Waals surface area contributed by atoms with Crippen molar-refractivity contribution in [1.29, 1.82) is 0 Å². The molecule has 2 aromatic rings. The van der Waals surface area contributed by atoms with Gasteiger partial charge in [0, 0.05) is 70.7 Å². The van der Waals surface area contributed by atoms with Gasteiger partial charge in [0.25, 0.3) is 0 Å². The number of carbonyl (C=O) groups excluding carboxylic acids is 1. The lowest BCUT2D eigenvalue weighted by atomic mass is 10.1. The van der Waals surface area contributed by atoms with E-state index in [0.29, 0.717) is 62.4 Å². The third kappa shape index (κ3) is 6.56. The quantitative estimate of drug-likeness (QED) is 0.593. The number of alkyl halides is 3. The topological polar surface area (TPSA) is 65.9 Å². The molecule has 1 saturated carbocycles. The van der Waals surface area contributed by atoms with Crippen LogP contribution in [0.1, 0.15) is 43.7 Å². The Morgan fingerprint density at radius 1 is 1.05 bits per heavy atom. The molecule has 3 aliphatic rings. The fourth-order valence-electron chi connectivity index (χ4n) is 5.18. The first-order chi connectivity index (χ1) is 17.8. The smallest absolute Gasteiger partial charge is 0.416 e. The molecule has 1 N–H and O–H groups in total. The van der Waals surface area contributed by atoms with Crippen LogP contribution in [0.15, 0.2) is 30.5 Å². The van der Waals surface area contributed by atoms with Crippen molar-refractivity contribution >= 4 is 11.8 Å². The summed E-state index contributed by atoms with van der Waals surface area (Å²) in [7, 11) is 0. The molecule has 1 aliphatic carbocycles. The van der Waals surface area contributed by atoms with Crippen molar-refractivity contribution in [3.63, 3.8) is 0 Å². The van der Waals surface area contributed by atoms with Gasteiger partial charge in [-0.25, -0.2) is 4.79 Å². The number of piperazine rings is 1. The van der Waals surface area contributed by atoms with Crippen LogP contribution in [0.25, 0.3) is 0 Å². The Bertz CT molecular complexity index is 1070. The minimum atomic E-state index is -4.44. The molecule has 5 rings (SSSR count). The summed E-state index contributed by atoms with van der Waals surface area (Å²) in [6.07, 6.45) is 1.32. The number of likely N-dealkylation sites (tertiary alicyclic amines) is 1. The molecule has 202 valence electrons. The average molecular weight is 521 g/mol. The van der Waals surface area contributed by atoms with Gasteiger partial charge >= 0.3 is 12.2 Å². The predicted octanol–water partition coefficient (Wildman–Crippen LogP) is 4.13. The van der Waals surface area contributed by atoms with Crippen molar-refractivity contribution in [1.82, 2.24) is 24.5 Å². The number of halogens is 3. The minimum Gasteiger partial charge on any atom is -0.490 e. The minimum absolute atomic E-state index is 0.0590.